The van der Waals surface area contributed by atoms with Gasteiger partial charge >= 0.3 is 6.18 Å². The lowest BCUT2D eigenvalue weighted by molar-refractivity contribution is -0.148. The van der Waals surface area contributed by atoms with E-state index in [0.717, 1.165) is 6.07 Å². The van der Waals surface area contributed by atoms with E-state index in [1.807, 2.05) is 32.6 Å². The molecule has 0 aromatic heterocycles. The first-order chi connectivity index (χ1) is 19.8. The van der Waals surface area contributed by atoms with Crippen LogP contribution in [-0.4, -0.2) is 86.0 Å². The lowest BCUT2D eigenvalue weighted by Crippen LogP contribution is -2.63. The number of aliphatic hydroxyl groups is 3. The predicted molar refractivity (Wildman–Crippen MR) is 149 cm³/mol. The highest BCUT2D eigenvalue weighted by Crippen LogP contribution is 2.54. The van der Waals surface area contributed by atoms with E-state index in [1.54, 1.807) is 0 Å². The summed E-state index contributed by atoms with van der Waals surface area (Å²) in [5, 5.41) is 44.8. The van der Waals surface area contributed by atoms with Crippen LogP contribution >= 0.6 is 0 Å². The summed E-state index contributed by atoms with van der Waals surface area (Å²) < 4.78 is 44.3. The number of aliphatic hydroxyl groups excluding tert-OH is 2. The van der Waals surface area contributed by atoms with Crippen LogP contribution in [0.2, 0.25) is 0 Å². The number of Topliss-reactive ketones (excluding diaryl/α,β-unsaturated/α-hetero) is 2. The second-order valence-corrected chi connectivity index (χ2v) is 12.3. The van der Waals surface area contributed by atoms with Crippen molar-refractivity contribution in [1.29, 1.82) is 0 Å². The third kappa shape index (κ3) is 4.91. The van der Waals surface area contributed by atoms with Crippen molar-refractivity contribution >= 4 is 17.5 Å². The zero-order valence-corrected chi connectivity index (χ0v) is 24.9. The van der Waals surface area contributed by atoms with Gasteiger partial charge in [0, 0.05) is 24.1 Å². The largest absolute Gasteiger partial charge is 0.510 e. The smallest absolute Gasteiger partial charge is 0.417 e. The van der Waals surface area contributed by atoms with Crippen LogP contribution in [0.4, 0.5) is 13.2 Å². The molecule has 10 nitrogen and oxygen atoms in total. The van der Waals surface area contributed by atoms with Crippen molar-refractivity contribution in [2.75, 3.05) is 20.6 Å². The van der Waals surface area contributed by atoms with Gasteiger partial charge in [0.1, 0.15) is 22.8 Å². The minimum atomic E-state index is -4.91. The number of fused-ring (bicyclic) bond motifs is 3. The summed E-state index contributed by atoms with van der Waals surface area (Å²) in [7, 11) is 2.94. The lowest BCUT2D eigenvalue weighted by atomic mass is 9.58. The number of rotatable bonds is 7. The van der Waals surface area contributed by atoms with Gasteiger partial charge < -0.3 is 26.2 Å². The topological polar surface area (TPSA) is 165 Å². The van der Waals surface area contributed by atoms with Crippen LogP contribution in [0.25, 0.3) is 0 Å². The summed E-state index contributed by atoms with van der Waals surface area (Å²) in [6.45, 7) is 7.89. The van der Waals surface area contributed by atoms with Crippen LogP contribution in [0.15, 0.2) is 28.7 Å². The molecule has 43 heavy (non-hydrogen) atoms. The summed E-state index contributed by atoms with van der Waals surface area (Å²) in [6, 6.07) is -0.429. The molecule has 0 heterocycles. The number of amides is 1. The molecule has 0 radical (unpaired) electrons. The first-order valence-electron chi connectivity index (χ1n) is 14.1. The number of halogens is 3. The van der Waals surface area contributed by atoms with E-state index in [1.165, 1.54) is 19.0 Å². The first kappa shape index (κ1) is 32.5. The number of alkyl halides is 3. The fourth-order valence-electron chi connectivity index (χ4n) is 7.05. The van der Waals surface area contributed by atoms with Crippen molar-refractivity contribution in [3.8, 4) is 5.75 Å². The van der Waals surface area contributed by atoms with Gasteiger partial charge in [-0.2, -0.15) is 13.2 Å². The van der Waals surface area contributed by atoms with Crippen molar-refractivity contribution in [3.05, 3.63) is 51.0 Å². The molecule has 0 aliphatic heterocycles. The quantitative estimate of drug-likeness (QED) is 0.292. The molecular weight excluding hydrogens is 571 g/mol. The Hall–Kier alpha value is -3.42. The highest BCUT2D eigenvalue weighted by molar-refractivity contribution is 6.24. The average molecular weight is 610 g/mol. The molecule has 5 atom stereocenters. The van der Waals surface area contributed by atoms with E-state index in [4.69, 9.17) is 5.73 Å². The van der Waals surface area contributed by atoms with Gasteiger partial charge in [0.25, 0.3) is 5.91 Å². The number of hydrogen-bond acceptors (Lipinski definition) is 9. The highest BCUT2D eigenvalue weighted by Gasteiger charge is 2.63. The number of benzene rings is 1. The molecule has 0 spiro atoms. The maximum atomic E-state index is 14.8. The van der Waals surface area contributed by atoms with Gasteiger partial charge in [-0.1, -0.05) is 20.8 Å². The zero-order chi connectivity index (χ0) is 32.5. The number of aromatic hydroxyl groups is 1. The van der Waals surface area contributed by atoms with E-state index in [-0.39, 0.29) is 30.5 Å². The first-order valence-corrected chi connectivity index (χ1v) is 14.1. The molecule has 0 unspecified atom stereocenters. The number of primary amides is 1. The number of carbonyl (C=O) groups is 3. The molecule has 0 saturated heterocycles. The van der Waals surface area contributed by atoms with Crippen molar-refractivity contribution < 1.29 is 48.0 Å². The number of carbonyl (C=O) groups excluding carboxylic acids is 3. The second-order valence-electron chi connectivity index (χ2n) is 12.3. The Kier molecular flexibility index (Phi) is 8.26. The number of likely N-dealkylation sites (N-methyl/N-ethyl adjacent to an activating group) is 1. The van der Waals surface area contributed by atoms with E-state index >= 15 is 0 Å². The normalized spacial score (nSPS) is 26.7. The molecule has 0 fully saturated rings. The molecule has 0 bridgehead atoms. The third-order valence-corrected chi connectivity index (χ3v) is 9.41. The van der Waals surface area contributed by atoms with Gasteiger partial charge in [-0.25, -0.2) is 0 Å². The molecule has 3 aliphatic rings. The molecule has 0 saturated carbocycles. The highest BCUT2D eigenvalue weighted by atomic mass is 19.4. The Morgan fingerprint density at radius 3 is 2.26 bits per heavy atom. The summed E-state index contributed by atoms with van der Waals surface area (Å²) in [4.78, 5) is 42.5. The number of nitrogens with two attached hydrogens (primary N) is 1. The average Bonchev–Trinajstić information content (AvgIpc) is 2.87. The number of phenolic OH excluding ortho intramolecular Hbond substituents is 1. The standard InChI is InChI=1S/C30H38F3N3O7/c1-7-36(13(4)12(2)3)11-15-10-18(37)20-16(22(15)30(31,32)33)8-14-9-17-23(35(5)6)25(39)21(28(34)42)27(41)29(17,43)26(40)19(14)24(20)38/h10,12-14,17,23,37,39-40,43H,7-9,11H2,1-6H3,(H2,34,42)/t13-,14+,17+,23+,29+/m1/s1. The van der Waals surface area contributed by atoms with Crippen molar-refractivity contribution in [2.45, 2.75) is 70.9 Å². The Balaban J connectivity index is 1.95. The van der Waals surface area contributed by atoms with Crippen LogP contribution in [0.3, 0.4) is 0 Å². The fourth-order valence-corrected chi connectivity index (χ4v) is 7.05. The minimum Gasteiger partial charge on any atom is -0.510 e. The summed E-state index contributed by atoms with van der Waals surface area (Å²) in [5.74, 6) is -8.89. The fraction of sp³-hybridized carbons (Fsp3) is 0.567. The van der Waals surface area contributed by atoms with Crippen molar-refractivity contribution in [2.24, 2.45) is 23.5 Å². The van der Waals surface area contributed by atoms with Gasteiger partial charge in [-0.05, 0) is 69.4 Å². The van der Waals surface area contributed by atoms with E-state index in [9.17, 15) is 48.0 Å². The van der Waals surface area contributed by atoms with Gasteiger partial charge in [0.15, 0.2) is 11.4 Å². The molecular formula is C30H38F3N3O7. The molecule has 3 aliphatic carbocycles. The van der Waals surface area contributed by atoms with E-state index in [2.05, 4.69) is 0 Å². The van der Waals surface area contributed by atoms with Crippen LogP contribution in [0, 0.1) is 17.8 Å². The Labute approximate surface area is 247 Å². The van der Waals surface area contributed by atoms with Crippen molar-refractivity contribution in [1.82, 2.24) is 9.80 Å². The van der Waals surface area contributed by atoms with E-state index < -0.39 is 98.7 Å². The van der Waals surface area contributed by atoms with Crippen LogP contribution in [0.1, 0.15) is 61.2 Å². The van der Waals surface area contributed by atoms with Crippen LogP contribution in [0.5, 0.6) is 5.75 Å². The van der Waals surface area contributed by atoms with Gasteiger partial charge in [0.05, 0.1) is 17.2 Å². The minimum absolute atomic E-state index is 0.0915. The zero-order valence-electron chi connectivity index (χ0n) is 24.9. The van der Waals surface area contributed by atoms with Crippen molar-refractivity contribution in [3.63, 3.8) is 0 Å². The van der Waals surface area contributed by atoms with Gasteiger partial charge in [-0.15, -0.1) is 0 Å². The number of hydrogen-bond donors (Lipinski definition) is 5. The van der Waals surface area contributed by atoms with Crippen LogP contribution in [-0.2, 0) is 28.7 Å². The maximum absolute atomic E-state index is 14.8. The molecule has 236 valence electrons. The number of phenols is 1. The Bertz CT molecular complexity index is 1450. The SMILES string of the molecule is CCN(Cc1cc(O)c2c(c1C(F)(F)F)C[C@H]1C[C@H]3[C@H](N(C)C)C(O)=C(C(N)=O)C(=O)[C@@]3(O)C(O)=C1C2=O)[C@H](C)C(C)C. The summed E-state index contributed by atoms with van der Waals surface area (Å²) in [6.07, 6.45) is -5.66. The monoisotopic (exact) mass is 609 g/mol. The Morgan fingerprint density at radius 2 is 1.77 bits per heavy atom. The predicted octanol–water partition coefficient (Wildman–Crippen LogP) is 3.01. The number of nitrogens with zero attached hydrogens (tertiary/aromatic N) is 2. The van der Waals surface area contributed by atoms with E-state index in [0.29, 0.717) is 6.54 Å². The second kappa shape index (κ2) is 10.9. The number of allylic oxidation sites excluding steroid dienone is 1. The molecule has 6 N–H and O–H groups in total. The molecule has 1 amide bonds. The van der Waals surface area contributed by atoms with Gasteiger partial charge in [-0.3, -0.25) is 24.2 Å². The third-order valence-electron chi connectivity index (χ3n) is 9.41. The Morgan fingerprint density at radius 1 is 1.16 bits per heavy atom. The number of ketones is 2. The maximum Gasteiger partial charge on any atom is 0.417 e. The van der Waals surface area contributed by atoms with Crippen LogP contribution < -0.4 is 5.73 Å². The molecule has 4 rings (SSSR count). The molecule has 1 aromatic rings. The molecule has 1 aromatic carbocycles. The van der Waals surface area contributed by atoms with Gasteiger partial charge in [0.2, 0.25) is 5.78 Å². The summed E-state index contributed by atoms with van der Waals surface area (Å²) >= 11 is 0. The lowest BCUT2D eigenvalue weighted by Gasteiger charge is -2.50. The summed E-state index contributed by atoms with van der Waals surface area (Å²) in [5.41, 5.74) is -1.40. The molecule has 13 heteroatoms.